The summed E-state index contributed by atoms with van der Waals surface area (Å²) >= 11 is 0. The summed E-state index contributed by atoms with van der Waals surface area (Å²) in [7, 11) is 0. The van der Waals surface area contributed by atoms with Crippen molar-refractivity contribution in [2.75, 3.05) is 0 Å². The number of benzene rings is 2. The number of Topliss-reactive ketones (excluding diaryl/α,β-unsaturated/α-hetero) is 1. The number of rotatable bonds is 4. The zero-order valence-electron chi connectivity index (χ0n) is 12.7. The molecule has 0 aliphatic carbocycles. The predicted molar refractivity (Wildman–Crippen MR) is 85.6 cm³/mol. The van der Waals surface area contributed by atoms with Gasteiger partial charge in [0.2, 0.25) is 11.4 Å². The van der Waals surface area contributed by atoms with Crippen LogP contribution in [0.2, 0.25) is 0 Å². The summed E-state index contributed by atoms with van der Waals surface area (Å²) in [5, 5.41) is 15.0. The van der Waals surface area contributed by atoms with Crippen molar-refractivity contribution < 1.29 is 14.6 Å². The number of ether oxygens (including phenoxy) is 1. The van der Waals surface area contributed by atoms with Gasteiger partial charge in [0.15, 0.2) is 0 Å². The fraction of sp³-hybridized carbons (Fsp3) is 0.167. The smallest absolute Gasteiger partial charge is 0.220 e. The van der Waals surface area contributed by atoms with E-state index in [9.17, 15) is 9.90 Å². The molecule has 2 atom stereocenters. The molecule has 0 fully saturated rings. The monoisotopic (exact) mass is 321 g/mol. The Kier molecular flexibility index (Phi) is 3.39. The van der Waals surface area contributed by atoms with Gasteiger partial charge in [-0.05, 0) is 6.07 Å². The van der Waals surface area contributed by atoms with E-state index < -0.39 is 11.7 Å². The molecule has 0 saturated heterocycles. The van der Waals surface area contributed by atoms with Crippen LogP contribution in [-0.2, 0) is 6.54 Å². The number of para-hydroxylation sites is 1. The minimum absolute atomic E-state index is 0.0660. The van der Waals surface area contributed by atoms with E-state index >= 15 is 0 Å². The highest BCUT2D eigenvalue weighted by Gasteiger charge is 2.54. The maximum absolute atomic E-state index is 13.2. The minimum atomic E-state index is -1.47. The Bertz CT molecular complexity index is 860. The molecule has 0 saturated carbocycles. The van der Waals surface area contributed by atoms with Crippen LogP contribution in [-0.4, -0.2) is 31.3 Å². The van der Waals surface area contributed by atoms with Crippen LogP contribution in [0.1, 0.15) is 22.0 Å². The first-order valence-corrected chi connectivity index (χ1v) is 7.59. The highest BCUT2D eigenvalue weighted by atomic mass is 16.5. The van der Waals surface area contributed by atoms with Gasteiger partial charge >= 0.3 is 0 Å². The number of fused-ring (bicyclic) bond motifs is 1. The quantitative estimate of drug-likeness (QED) is 0.744. The second-order valence-electron chi connectivity index (χ2n) is 5.72. The van der Waals surface area contributed by atoms with E-state index in [4.69, 9.17) is 4.74 Å². The fourth-order valence-corrected chi connectivity index (χ4v) is 3.05. The van der Waals surface area contributed by atoms with Gasteiger partial charge in [0, 0.05) is 11.1 Å². The van der Waals surface area contributed by atoms with E-state index in [0.29, 0.717) is 16.9 Å². The summed E-state index contributed by atoms with van der Waals surface area (Å²) < 4.78 is 7.50. The molecule has 1 aliphatic heterocycles. The standard InChI is InChI=1S/C18H15N3O3/c22-16(13-6-2-1-3-7-13)18(10-21-12-19-11-20-21)17(23)14-8-4-5-9-15(14)24-18/h1-9,11-12,17,23H,10H2/t17-,18-/m1/s1. The third-order valence-electron chi connectivity index (χ3n) is 4.23. The van der Waals surface area contributed by atoms with Gasteiger partial charge in [-0.3, -0.25) is 4.79 Å². The molecular weight excluding hydrogens is 306 g/mol. The fourth-order valence-electron chi connectivity index (χ4n) is 3.05. The lowest BCUT2D eigenvalue weighted by molar-refractivity contribution is -0.0235. The van der Waals surface area contributed by atoms with Crippen LogP contribution in [0, 0.1) is 0 Å². The highest BCUT2D eigenvalue weighted by Crippen LogP contribution is 2.45. The van der Waals surface area contributed by atoms with Gasteiger partial charge < -0.3 is 9.84 Å². The van der Waals surface area contributed by atoms with Crippen LogP contribution in [0.3, 0.4) is 0 Å². The normalized spacial score (nSPS) is 22.0. The number of hydrogen-bond donors (Lipinski definition) is 1. The summed E-state index contributed by atoms with van der Waals surface area (Å²) in [5.74, 6) is 0.219. The summed E-state index contributed by atoms with van der Waals surface area (Å²) in [5.41, 5.74) is -0.398. The molecule has 1 aromatic heterocycles. The van der Waals surface area contributed by atoms with E-state index in [-0.39, 0.29) is 12.3 Å². The summed E-state index contributed by atoms with van der Waals surface area (Å²) in [4.78, 5) is 17.1. The van der Waals surface area contributed by atoms with Gasteiger partial charge in [-0.25, -0.2) is 9.67 Å². The molecule has 0 bridgehead atoms. The van der Waals surface area contributed by atoms with Gasteiger partial charge in [0.25, 0.3) is 0 Å². The van der Waals surface area contributed by atoms with Crippen LogP contribution < -0.4 is 4.74 Å². The van der Waals surface area contributed by atoms with Crippen molar-refractivity contribution >= 4 is 5.78 Å². The number of hydrogen-bond acceptors (Lipinski definition) is 5. The molecule has 24 heavy (non-hydrogen) atoms. The molecule has 0 unspecified atom stereocenters. The average molecular weight is 321 g/mol. The first-order chi connectivity index (χ1) is 11.7. The lowest BCUT2D eigenvalue weighted by atomic mass is 9.86. The van der Waals surface area contributed by atoms with Crippen molar-refractivity contribution in [3.8, 4) is 5.75 Å². The van der Waals surface area contributed by atoms with Crippen molar-refractivity contribution in [3.05, 3.63) is 78.4 Å². The van der Waals surface area contributed by atoms with Crippen molar-refractivity contribution in [2.24, 2.45) is 0 Å². The number of aliphatic hydroxyl groups excluding tert-OH is 1. The Morgan fingerprint density at radius 1 is 1.17 bits per heavy atom. The Morgan fingerprint density at radius 2 is 1.92 bits per heavy atom. The van der Waals surface area contributed by atoms with Gasteiger partial charge in [-0.15, -0.1) is 0 Å². The van der Waals surface area contributed by atoms with Gasteiger partial charge in [-0.2, -0.15) is 5.10 Å². The zero-order chi connectivity index (χ0) is 16.6. The molecule has 3 aromatic rings. The molecule has 120 valence electrons. The number of carbonyl (C=O) groups excluding carboxylic acids is 1. The molecule has 6 nitrogen and oxygen atoms in total. The number of aromatic nitrogens is 3. The number of aliphatic hydroxyl groups is 1. The third kappa shape index (κ3) is 2.19. The predicted octanol–water partition coefficient (Wildman–Crippen LogP) is 2.03. The number of ketones is 1. The number of carbonyl (C=O) groups is 1. The third-order valence-corrected chi connectivity index (χ3v) is 4.23. The van der Waals surface area contributed by atoms with Crippen molar-refractivity contribution in [1.29, 1.82) is 0 Å². The van der Waals surface area contributed by atoms with Gasteiger partial charge in [0.05, 0.1) is 6.54 Å². The highest BCUT2D eigenvalue weighted by molar-refractivity contribution is 6.03. The van der Waals surface area contributed by atoms with E-state index in [0.717, 1.165) is 0 Å². The Labute approximate surface area is 138 Å². The second-order valence-corrected chi connectivity index (χ2v) is 5.72. The van der Waals surface area contributed by atoms with Crippen LogP contribution in [0.5, 0.6) is 5.75 Å². The van der Waals surface area contributed by atoms with Crippen LogP contribution in [0.25, 0.3) is 0 Å². The maximum Gasteiger partial charge on any atom is 0.220 e. The molecule has 4 rings (SSSR count). The SMILES string of the molecule is O=C(c1ccccc1)[C@@]1(Cn2cncn2)Oc2ccccc2[C@H]1O. The first-order valence-electron chi connectivity index (χ1n) is 7.59. The molecule has 0 spiro atoms. The van der Waals surface area contributed by atoms with Gasteiger partial charge in [-0.1, -0.05) is 48.5 Å². The Hall–Kier alpha value is -2.99. The molecular formula is C18H15N3O3. The maximum atomic E-state index is 13.2. The van der Waals surface area contributed by atoms with E-state index in [1.165, 1.54) is 17.3 Å². The average Bonchev–Trinajstić information content (AvgIpc) is 3.23. The minimum Gasteiger partial charge on any atom is -0.474 e. The molecule has 1 N–H and O–H groups in total. The molecule has 0 amide bonds. The lowest BCUT2D eigenvalue weighted by Gasteiger charge is -2.30. The zero-order valence-corrected chi connectivity index (χ0v) is 12.7. The molecule has 0 radical (unpaired) electrons. The molecule has 2 aromatic carbocycles. The van der Waals surface area contributed by atoms with Crippen LogP contribution >= 0.6 is 0 Å². The largest absolute Gasteiger partial charge is 0.474 e. The topological polar surface area (TPSA) is 77.2 Å². The van der Waals surface area contributed by atoms with Crippen LogP contribution in [0.4, 0.5) is 0 Å². The number of nitrogens with zero attached hydrogens (tertiary/aromatic N) is 3. The summed E-state index contributed by atoms with van der Waals surface area (Å²) in [6.07, 6.45) is 1.79. The van der Waals surface area contributed by atoms with E-state index in [1.807, 2.05) is 18.2 Å². The van der Waals surface area contributed by atoms with Crippen molar-refractivity contribution in [1.82, 2.24) is 14.8 Å². The van der Waals surface area contributed by atoms with Crippen molar-refractivity contribution in [2.45, 2.75) is 18.2 Å². The molecule has 1 aliphatic rings. The van der Waals surface area contributed by atoms with Crippen LogP contribution in [0.15, 0.2) is 67.3 Å². The Balaban J connectivity index is 1.81. The second kappa shape index (κ2) is 5.58. The van der Waals surface area contributed by atoms with E-state index in [2.05, 4.69) is 10.1 Å². The summed E-state index contributed by atoms with van der Waals surface area (Å²) in [6, 6.07) is 16.0. The van der Waals surface area contributed by atoms with E-state index in [1.54, 1.807) is 36.4 Å². The Morgan fingerprint density at radius 3 is 2.62 bits per heavy atom. The lowest BCUT2D eigenvalue weighted by Crippen LogP contribution is -2.50. The summed E-state index contributed by atoms with van der Waals surface area (Å²) in [6.45, 7) is 0.0660. The molecule has 6 heteroatoms. The first kappa shape index (κ1) is 14.6. The van der Waals surface area contributed by atoms with Gasteiger partial charge in [0.1, 0.15) is 24.5 Å². The van der Waals surface area contributed by atoms with Crippen molar-refractivity contribution in [3.63, 3.8) is 0 Å². The molecule has 2 heterocycles.